The van der Waals surface area contributed by atoms with Gasteiger partial charge in [0.05, 0.1) is 0 Å². The molecular weight excluding hydrogens is 222 g/mol. The van der Waals surface area contributed by atoms with Gasteiger partial charge >= 0.3 is 0 Å². The van der Waals surface area contributed by atoms with Crippen LogP contribution in [0.4, 0.5) is 0 Å². The van der Waals surface area contributed by atoms with E-state index in [1.807, 2.05) is 0 Å². The maximum Gasteiger partial charge on any atom is 0.0109 e. The van der Waals surface area contributed by atoms with Crippen molar-refractivity contribution >= 4 is 0 Å². The molecule has 0 saturated carbocycles. The molecule has 3 heteroatoms. The molecule has 0 aromatic rings. The Hall–Kier alpha value is -0.120. The number of nitrogens with one attached hydrogen (secondary N) is 1. The Morgan fingerprint density at radius 2 is 1.67 bits per heavy atom. The molecule has 110 valence electrons. The summed E-state index contributed by atoms with van der Waals surface area (Å²) < 4.78 is 0. The second-order valence-electron chi connectivity index (χ2n) is 6.84. The van der Waals surface area contributed by atoms with Crippen LogP contribution in [-0.4, -0.2) is 62.2 Å². The monoisotopic (exact) mass is 257 g/mol. The number of hydrogen-bond acceptors (Lipinski definition) is 3. The first-order valence-electron chi connectivity index (χ1n) is 7.36. The molecule has 18 heavy (non-hydrogen) atoms. The first-order valence-corrected chi connectivity index (χ1v) is 7.36. The van der Waals surface area contributed by atoms with E-state index >= 15 is 0 Å². The van der Waals surface area contributed by atoms with E-state index in [1.54, 1.807) is 0 Å². The molecule has 1 N–H and O–H groups in total. The van der Waals surface area contributed by atoms with Gasteiger partial charge in [-0.15, -0.1) is 0 Å². The third kappa shape index (κ3) is 11.0. The molecule has 3 nitrogen and oxygen atoms in total. The minimum atomic E-state index is 0.230. The maximum absolute atomic E-state index is 3.60. The van der Waals surface area contributed by atoms with E-state index < -0.39 is 0 Å². The lowest BCUT2D eigenvalue weighted by molar-refractivity contribution is 0.207. The van der Waals surface area contributed by atoms with Crippen LogP contribution in [0, 0.1) is 5.92 Å². The Morgan fingerprint density at radius 3 is 2.11 bits per heavy atom. The highest BCUT2D eigenvalue weighted by atomic mass is 15.2. The summed E-state index contributed by atoms with van der Waals surface area (Å²) in [6.45, 7) is 17.2. The Bertz CT molecular complexity index is 196. The van der Waals surface area contributed by atoms with E-state index in [1.165, 1.54) is 26.1 Å². The zero-order valence-corrected chi connectivity index (χ0v) is 13.7. The molecule has 1 unspecified atom stereocenters. The van der Waals surface area contributed by atoms with Crippen molar-refractivity contribution in [1.82, 2.24) is 15.1 Å². The topological polar surface area (TPSA) is 18.5 Å². The molecule has 0 rings (SSSR count). The predicted molar refractivity (Wildman–Crippen MR) is 82.2 cm³/mol. The van der Waals surface area contributed by atoms with E-state index in [9.17, 15) is 0 Å². The summed E-state index contributed by atoms with van der Waals surface area (Å²) >= 11 is 0. The van der Waals surface area contributed by atoms with Crippen molar-refractivity contribution in [1.29, 1.82) is 0 Å². The molecule has 1 atom stereocenters. The van der Waals surface area contributed by atoms with Crippen molar-refractivity contribution in [3.63, 3.8) is 0 Å². The summed E-state index contributed by atoms with van der Waals surface area (Å²) in [4.78, 5) is 4.86. The molecule has 0 heterocycles. The smallest absolute Gasteiger partial charge is 0.0109 e. The third-order valence-corrected chi connectivity index (χ3v) is 2.95. The minimum absolute atomic E-state index is 0.230. The normalized spacial score (nSPS) is 14.5. The molecule has 0 fully saturated rings. The fraction of sp³-hybridized carbons (Fsp3) is 1.00. The summed E-state index contributed by atoms with van der Waals surface area (Å²) in [6, 6.07) is 0. The highest BCUT2D eigenvalue weighted by Crippen LogP contribution is 2.04. The Balaban J connectivity index is 3.98. The lowest BCUT2D eigenvalue weighted by Gasteiger charge is -2.29. The van der Waals surface area contributed by atoms with Gasteiger partial charge in [-0.05, 0) is 60.3 Å². The quantitative estimate of drug-likeness (QED) is 0.684. The average molecular weight is 257 g/mol. The van der Waals surface area contributed by atoms with E-state index in [0.717, 1.165) is 13.1 Å². The van der Waals surface area contributed by atoms with E-state index in [-0.39, 0.29) is 5.54 Å². The maximum atomic E-state index is 3.60. The first kappa shape index (κ1) is 17.9. The molecule has 0 amide bonds. The van der Waals surface area contributed by atoms with Gasteiger partial charge in [0.2, 0.25) is 0 Å². The molecule has 0 spiro atoms. The zero-order chi connectivity index (χ0) is 14.2. The van der Waals surface area contributed by atoms with Gasteiger partial charge in [0.25, 0.3) is 0 Å². The Morgan fingerprint density at radius 1 is 1.06 bits per heavy atom. The van der Waals surface area contributed by atoms with Crippen LogP contribution in [-0.2, 0) is 0 Å². The van der Waals surface area contributed by atoms with Crippen molar-refractivity contribution in [3.8, 4) is 0 Å². The lowest BCUT2D eigenvalue weighted by atomic mass is 10.1. The van der Waals surface area contributed by atoms with Gasteiger partial charge in [0, 0.05) is 25.2 Å². The summed E-state index contributed by atoms with van der Waals surface area (Å²) in [5.41, 5.74) is 0.230. The largest absolute Gasteiger partial charge is 0.312 e. The van der Waals surface area contributed by atoms with Crippen molar-refractivity contribution in [3.05, 3.63) is 0 Å². The van der Waals surface area contributed by atoms with Gasteiger partial charge in [0.1, 0.15) is 0 Å². The Kier molecular flexibility index (Phi) is 8.83. The number of nitrogens with zero attached hydrogens (tertiary/aromatic N) is 2. The minimum Gasteiger partial charge on any atom is -0.312 e. The van der Waals surface area contributed by atoms with E-state index in [2.05, 4.69) is 63.8 Å². The molecule has 0 aliphatic rings. The molecule has 0 aliphatic heterocycles. The summed E-state index contributed by atoms with van der Waals surface area (Å²) in [7, 11) is 4.30. The van der Waals surface area contributed by atoms with Crippen LogP contribution in [0.3, 0.4) is 0 Å². The first-order chi connectivity index (χ1) is 8.24. The van der Waals surface area contributed by atoms with Crippen LogP contribution in [0.5, 0.6) is 0 Å². The van der Waals surface area contributed by atoms with Crippen LogP contribution in [0.25, 0.3) is 0 Å². The molecule has 0 aliphatic carbocycles. The Labute approximate surface area is 115 Å². The van der Waals surface area contributed by atoms with E-state index in [4.69, 9.17) is 0 Å². The molecule has 0 saturated heterocycles. The number of rotatable bonds is 9. The third-order valence-electron chi connectivity index (χ3n) is 2.95. The molecular formula is C15H35N3. The van der Waals surface area contributed by atoms with Gasteiger partial charge in [-0.25, -0.2) is 0 Å². The van der Waals surface area contributed by atoms with Crippen LogP contribution < -0.4 is 5.32 Å². The van der Waals surface area contributed by atoms with Crippen molar-refractivity contribution < 1.29 is 0 Å². The van der Waals surface area contributed by atoms with Crippen LogP contribution in [0.2, 0.25) is 0 Å². The van der Waals surface area contributed by atoms with Crippen LogP contribution in [0.15, 0.2) is 0 Å². The van der Waals surface area contributed by atoms with Crippen LogP contribution >= 0.6 is 0 Å². The summed E-state index contributed by atoms with van der Waals surface area (Å²) in [5.74, 6) is 0.706. The zero-order valence-electron chi connectivity index (χ0n) is 13.7. The lowest BCUT2D eigenvalue weighted by Crippen LogP contribution is -2.42. The SMILES string of the molecule is CCCN(CCN(C)C)CC(C)CNC(C)(C)C. The molecule has 0 radical (unpaired) electrons. The summed E-state index contributed by atoms with van der Waals surface area (Å²) in [5, 5.41) is 3.60. The molecule has 0 bridgehead atoms. The molecule has 0 aromatic heterocycles. The second-order valence-corrected chi connectivity index (χ2v) is 6.84. The van der Waals surface area contributed by atoms with E-state index in [0.29, 0.717) is 5.92 Å². The van der Waals surface area contributed by atoms with Gasteiger partial charge in [-0.1, -0.05) is 13.8 Å². The second kappa shape index (κ2) is 8.89. The van der Waals surface area contributed by atoms with Gasteiger partial charge in [-0.3, -0.25) is 0 Å². The highest BCUT2D eigenvalue weighted by molar-refractivity contribution is 4.73. The van der Waals surface area contributed by atoms with Crippen LogP contribution in [0.1, 0.15) is 41.0 Å². The van der Waals surface area contributed by atoms with Gasteiger partial charge in [0.15, 0.2) is 0 Å². The average Bonchev–Trinajstić information content (AvgIpc) is 2.22. The predicted octanol–water partition coefficient (Wildman–Crippen LogP) is 2.28. The fourth-order valence-corrected chi connectivity index (χ4v) is 1.94. The number of hydrogen-bond donors (Lipinski definition) is 1. The van der Waals surface area contributed by atoms with Gasteiger partial charge in [-0.2, -0.15) is 0 Å². The van der Waals surface area contributed by atoms with Crippen molar-refractivity contribution in [2.45, 2.75) is 46.6 Å². The van der Waals surface area contributed by atoms with Crippen molar-refractivity contribution in [2.75, 3.05) is 46.8 Å². The molecule has 0 aromatic carbocycles. The standard InChI is InChI=1S/C15H35N3/c1-8-9-18(11-10-17(6)7)13-14(2)12-16-15(3,4)5/h14,16H,8-13H2,1-7H3. The highest BCUT2D eigenvalue weighted by Gasteiger charge is 2.13. The van der Waals surface area contributed by atoms with Gasteiger partial charge < -0.3 is 15.1 Å². The summed E-state index contributed by atoms with van der Waals surface area (Å²) in [6.07, 6.45) is 1.24. The fourth-order valence-electron chi connectivity index (χ4n) is 1.94. The number of likely N-dealkylation sites (N-methyl/N-ethyl adjacent to an activating group) is 1. The van der Waals surface area contributed by atoms with Crippen molar-refractivity contribution in [2.24, 2.45) is 5.92 Å².